The number of likely N-dealkylation sites (N-methyl/N-ethyl adjacent to an activating group) is 1. The molecule has 0 saturated carbocycles. The van der Waals surface area contributed by atoms with Crippen LogP contribution in [0.4, 0.5) is 0 Å². The minimum Gasteiger partial charge on any atom is -0.660 e. The number of piperazine rings is 1. The van der Waals surface area contributed by atoms with Gasteiger partial charge in [0, 0.05) is 20.4 Å². The Morgan fingerprint density at radius 3 is 1.75 bits per heavy atom. The summed E-state index contributed by atoms with van der Waals surface area (Å²) >= 11 is 0. The monoisotopic (exact) mass is 344 g/mol. The van der Waals surface area contributed by atoms with Crippen LogP contribution in [0.25, 0.3) is 5.32 Å². The van der Waals surface area contributed by atoms with E-state index in [1.807, 2.05) is 0 Å². The molecule has 0 amide bonds. The van der Waals surface area contributed by atoms with Gasteiger partial charge in [-0.15, -0.1) is 13.1 Å². The first-order valence-electron chi connectivity index (χ1n) is 4.70. The van der Waals surface area contributed by atoms with E-state index in [9.17, 15) is 0 Å². The molecule has 1 heterocycles. The number of rotatable bonds is 1. The number of nitrogens with zero attached hydrogens (tertiary/aromatic N) is 2. The van der Waals surface area contributed by atoms with Gasteiger partial charge in [-0.25, -0.2) is 0 Å². The first-order valence-corrected chi connectivity index (χ1v) is 4.70. The molecule has 0 spiro atoms. The molecule has 0 N–H and O–H groups in total. The fraction of sp³-hybridized carbons (Fsp3) is 1.00. The summed E-state index contributed by atoms with van der Waals surface area (Å²) in [6, 6.07) is 0. The van der Waals surface area contributed by atoms with Gasteiger partial charge in [0.1, 0.15) is 0 Å². The number of hydrogen-bond acceptors (Lipinski definition) is 1. The van der Waals surface area contributed by atoms with Crippen LogP contribution >= 0.6 is 0 Å². The molecule has 0 atom stereocenters. The quantitative estimate of drug-likeness (QED) is 0.713. The van der Waals surface area contributed by atoms with Crippen LogP contribution in [-0.2, 0) is 20.4 Å². The molecule has 0 aliphatic carbocycles. The van der Waals surface area contributed by atoms with E-state index in [1.165, 1.54) is 26.1 Å². The van der Waals surface area contributed by atoms with Gasteiger partial charge in [0.15, 0.2) is 0 Å². The van der Waals surface area contributed by atoms with Gasteiger partial charge >= 0.3 is 0 Å². The zero-order valence-electron chi connectivity index (χ0n) is 8.52. The van der Waals surface area contributed by atoms with Gasteiger partial charge in [-0.05, 0) is 19.6 Å². The molecule has 0 aromatic carbocycles. The molecule has 0 aromatic heterocycles. The van der Waals surface area contributed by atoms with Gasteiger partial charge < -0.3 is 10.2 Å². The normalized spacial score (nSPS) is 17.2. The van der Waals surface area contributed by atoms with Crippen LogP contribution in [0.3, 0.4) is 0 Å². The van der Waals surface area contributed by atoms with E-state index in [0.717, 1.165) is 13.1 Å². The Balaban J connectivity index is 0. The Hall–Kier alpha value is 0.582. The Morgan fingerprint density at radius 1 is 1.08 bits per heavy atom. The summed E-state index contributed by atoms with van der Waals surface area (Å²) in [5.74, 6) is 0. The largest absolute Gasteiger partial charge is 0.660 e. The zero-order valence-corrected chi connectivity index (χ0v) is 11.2. The minimum atomic E-state index is 0. The maximum absolute atomic E-state index is 4.23. The summed E-state index contributed by atoms with van der Waals surface area (Å²) in [6.07, 6.45) is 1.25. The van der Waals surface area contributed by atoms with Gasteiger partial charge in [-0.1, -0.05) is 27.2 Å². The fourth-order valence-electron chi connectivity index (χ4n) is 0.964. The van der Waals surface area contributed by atoms with Gasteiger partial charge in [-0.2, -0.15) is 0 Å². The van der Waals surface area contributed by atoms with E-state index < -0.39 is 0 Å². The molecule has 12 heavy (non-hydrogen) atoms. The van der Waals surface area contributed by atoms with Crippen LogP contribution in [-0.4, -0.2) is 37.6 Å². The topological polar surface area (TPSA) is 17.3 Å². The molecular weight excluding hydrogens is 322 g/mol. The van der Waals surface area contributed by atoms with Crippen molar-refractivity contribution < 1.29 is 20.4 Å². The van der Waals surface area contributed by atoms with Crippen molar-refractivity contribution in [3.8, 4) is 0 Å². The van der Waals surface area contributed by atoms with Gasteiger partial charge in [0.25, 0.3) is 0 Å². The summed E-state index contributed by atoms with van der Waals surface area (Å²) in [5.41, 5.74) is 0. The van der Waals surface area contributed by atoms with Crippen molar-refractivity contribution in [1.82, 2.24) is 4.90 Å². The van der Waals surface area contributed by atoms with Gasteiger partial charge in [0.2, 0.25) is 0 Å². The first-order chi connectivity index (χ1) is 5.35. The van der Waals surface area contributed by atoms with Gasteiger partial charge in [-0.3, -0.25) is 0 Å². The molecule has 2 nitrogen and oxygen atoms in total. The average molecular weight is 343 g/mol. The summed E-state index contributed by atoms with van der Waals surface area (Å²) < 4.78 is 0. The standard InChI is InChI=1S/C6H13N2.C3H8.Re/c1-2-8-5-3-7-4-6-8;1-3-2;/h2-6H2,1H3;3H2,1-2H3;/q-1;;. The third-order valence-corrected chi connectivity index (χ3v) is 1.60. The van der Waals surface area contributed by atoms with Crippen molar-refractivity contribution in [2.45, 2.75) is 27.2 Å². The van der Waals surface area contributed by atoms with E-state index in [2.05, 4.69) is 31.0 Å². The van der Waals surface area contributed by atoms with Crippen LogP contribution in [0.1, 0.15) is 27.2 Å². The maximum Gasteiger partial charge on any atom is 0 e. The molecule has 3 heteroatoms. The SMILES string of the molecule is CCC.CCN1CC[N-]CC1.[Re]. The summed E-state index contributed by atoms with van der Waals surface area (Å²) in [4.78, 5) is 2.42. The van der Waals surface area contributed by atoms with Crippen LogP contribution in [0.2, 0.25) is 0 Å². The molecule has 1 aliphatic rings. The molecule has 0 aromatic rings. The maximum atomic E-state index is 4.23. The van der Waals surface area contributed by atoms with Crippen molar-refractivity contribution in [3.63, 3.8) is 0 Å². The summed E-state index contributed by atoms with van der Waals surface area (Å²) in [6.45, 7) is 12.1. The van der Waals surface area contributed by atoms with E-state index in [1.54, 1.807) is 0 Å². The molecular formula is C9H21N2Re-. The molecule has 1 aliphatic heterocycles. The Morgan fingerprint density at radius 2 is 1.50 bits per heavy atom. The van der Waals surface area contributed by atoms with Gasteiger partial charge in [0.05, 0.1) is 0 Å². The van der Waals surface area contributed by atoms with Crippen molar-refractivity contribution in [3.05, 3.63) is 5.32 Å². The van der Waals surface area contributed by atoms with E-state index in [-0.39, 0.29) is 20.4 Å². The predicted octanol–water partition coefficient (Wildman–Crippen LogP) is 2.11. The van der Waals surface area contributed by atoms with Crippen LogP contribution < -0.4 is 0 Å². The molecule has 1 radical (unpaired) electrons. The second-order valence-corrected chi connectivity index (χ2v) is 2.81. The van der Waals surface area contributed by atoms with E-state index in [0.29, 0.717) is 0 Å². The third kappa shape index (κ3) is 8.68. The van der Waals surface area contributed by atoms with Crippen LogP contribution in [0.15, 0.2) is 0 Å². The zero-order chi connectivity index (χ0) is 8.53. The summed E-state index contributed by atoms with van der Waals surface area (Å²) in [7, 11) is 0. The third-order valence-electron chi connectivity index (χ3n) is 1.60. The Labute approximate surface area is 90.7 Å². The molecule has 1 rings (SSSR count). The predicted molar refractivity (Wildman–Crippen MR) is 51.2 cm³/mol. The fourth-order valence-corrected chi connectivity index (χ4v) is 0.964. The smallest absolute Gasteiger partial charge is 0 e. The van der Waals surface area contributed by atoms with Crippen molar-refractivity contribution in [2.75, 3.05) is 32.7 Å². The van der Waals surface area contributed by atoms with Crippen LogP contribution in [0, 0.1) is 0 Å². The molecule has 1 fully saturated rings. The number of hydrogen-bond donors (Lipinski definition) is 0. The first kappa shape index (κ1) is 15.1. The van der Waals surface area contributed by atoms with Crippen molar-refractivity contribution in [1.29, 1.82) is 0 Å². The van der Waals surface area contributed by atoms with Crippen molar-refractivity contribution >= 4 is 0 Å². The molecule has 0 unspecified atom stereocenters. The summed E-state index contributed by atoms with van der Waals surface area (Å²) in [5, 5.41) is 4.23. The Kier molecular flexibility index (Phi) is 14.5. The average Bonchev–Trinajstić information content (AvgIpc) is 2.08. The van der Waals surface area contributed by atoms with E-state index in [4.69, 9.17) is 0 Å². The molecule has 1 saturated heterocycles. The minimum absolute atomic E-state index is 0. The van der Waals surface area contributed by atoms with E-state index >= 15 is 0 Å². The molecule has 75 valence electrons. The van der Waals surface area contributed by atoms with Crippen molar-refractivity contribution in [2.24, 2.45) is 0 Å². The van der Waals surface area contributed by atoms with Crippen LogP contribution in [0.5, 0.6) is 0 Å². The second-order valence-electron chi connectivity index (χ2n) is 2.81. The second kappa shape index (κ2) is 11.6. The molecule has 0 bridgehead atoms. The Bertz CT molecular complexity index is 72.9.